The third-order valence-corrected chi connectivity index (χ3v) is 7.14. The number of anilines is 1. The fourth-order valence-corrected chi connectivity index (χ4v) is 4.91. The molecule has 0 spiro atoms. The Kier molecular flexibility index (Phi) is 8.64. The van der Waals surface area contributed by atoms with E-state index in [1.54, 1.807) is 36.4 Å². The third kappa shape index (κ3) is 5.93. The minimum absolute atomic E-state index is 0.00268. The molecule has 0 atom stereocenters. The first-order valence-electron chi connectivity index (χ1n) is 11.2. The molecular formula is C24H29N3O6S. The molecule has 0 saturated carbocycles. The molecule has 1 aliphatic rings. The summed E-state index contributed by atoms with van der Waals surface area (Å²) in [5, 5.41) is 2.58. The number of fused-ring (bicyclic) bond motifs is 1. The number of carbonyl (C=O) groups excluding carboxylic acids is 2. The lowest BCUT2D eigenvalue weighted by atomic mass is 10.1. The smallest absolute Gasteiger partial charge is 0.308 e. The number of esters is 1. The van der Waals surface area contributed by atoms with Crippen LogP contribution in [0.3, 0.4) is 0 Å². The van der Waals surface area contributed by atoms with E-state index in [0.29, 0.717) is 0 Å². The van der Waals surface area contributed by atoms with E-state index in [-0.39, 0.29) is 34.2 Å². The highest BCUT2D eigenvalue weighted by atomic mass is 32.2. The summed E-state index contributed by atoms with van der Waals surface area (Å²) in [5.74, 6) is -0.895. The maximum atomic E-state index is 13.1. The lowest BCUT2D eigenvalue weighted by Gasteiger charge is -2.30. The van der Waals surface area contributed by atoms with Crippen molar-refractivity contribution >= 4 is 33.5 Å². The molecule has 3 rings (SSSR count). The summed E-state index contributed by atoms with van der Waals surface area (Å²) < 4.78 is 37.9. The van der Waals surface area contributed by atoms with Gasteiger partial charge in [-0.25, -0.2) is 13.4 Å². The molecule has 1 aromatic heterocycles. The molecule has 182 valence electrons. The largest absolute Gasteiger partial charge is 0.454 e. The van der Waals surface area contributed by atoms with E-state index in [4.69, 9.17) is 9.47 Å². The quantitative estimate of drug-likeness (QED) is 0.290. The van der Waals surface area contributed by atoms with Crippen LogP contribution in [0.5, 0.6) is 0 Å². The van der Waals surface area contributed by atoms with Crippen LogP contribution in [0.4, 0.5) is 5.82 Å². The zero-order valence-electron chi connectivity index (χ0n) is 19.3. The Hall–Kier alpha value is -3.40. The van der Waals surface area contributed by atoms with Crippen molar-refractivity contribution in [3.63, 3.8) is 0 Å². The van der Waals surface area contributed by atoms with Crippen LogP contribution in [0.1, 0.15) is 51.0 Å². The van der Waals surface area contributed by atoms with Crippen LogP contribution in [-0.4, -0.2) is 43.4 Å². The maximum Gasteiger partial charge on any atom is 0.308 e. The molecule has 0 fully saturated rings. The van der Waals surface area contributed by atoms with Crippen LogP contribution in [0, 0.1) is 0 Å². The SMILES string of the molecule is CCCCCCCC(=O)OCOC1=C(C(=O)Nc2ccccn2)N(C)S(=O)(=O)c2ccccc21. The fraction of sp³-hybridized carbons (Fsp3) is 0.375. The Morgan fingerprint density at radius 1 is 1.03 bits per heavy atom. The van der Waals surface area contributed by atoms with Gasteiger partial charge in [-0.3, -0.25) is 13.9 Å². The van der Waals surface area contributed by atoms with Gasteiger partial charge in [0, 0.05) is 25.2 Å². The van der Waals surface area contributed by atoms with Crippen LogP contribution >= 0.6 is 0 Å². The lowest BCUT2D eigenvalue weighted by Crippen LogP contribution is -2.37. The van der Waals surface area contributed by atoms with Gasteiger partial charge >= 0.3 is 5.97 Å². The van der Waals surface area contributed by atoms with Crippen LogP contribution in [-0.2, 0) is 29.1 Å². The van der Waals surface area contributed by atoms with E-state index in [1.807, 2.05) is 0 Å². The fourth-order valence-electron chi connectivity index (χ4n) is 3.52. The summed E-state index contributed by atoms with van der Waals surface area (Å²) in [5.41, 5.74) is -0.0256. The molecule has 2 heterocycles. The van der Waals surface area contributed by atoms with Gasteiger partial charge in [0.1, 0.15) is 5.82 Å². The molecule has 2 aromatic rings. The zero-order chi connectivity index (χ0) is 24.6. The summed E-state index contributed by atoms with van der Waals surface area (Å²) in [4.78, 5) is 29.2. The van der Waals surface area contributed by atoms with E-state index >= 15 is 0 Å². The van der Waals surface area contributed by atoms with Crippen molar-refractivity contribution in [2.45, 2.75) is 50.3 Å². The molecule has 34 heavy (non-hydrogen) atoms. The first-order valence-corrected chi connectivity index (χ1v) is 12.6. The molecule has 0 unspecified atom stereocenters. The number of ether oxygens (including phenoxy) is 2. The molecule has 1 aromatic carbocycles. The second-order valence-corrected chi connectivity index (χ2v) is 9.70. The first kappa shape index (κ1) is 25.2. The number of aromatic nitrogens is 1. The number of hydrogen-bond donors (Lipinski definition) is 1. The number of likely N-dealkylation sites (N-methyl/N-ethyl adjacent to an activating group) is 1. The van der Waals surface area contributed by atoms with Crippen molar-refractivity contribution in [3.05, 3.63) is 59.9 Å². The number of amides is 1. The molecule has 0 aliphatic carbocycles. The second kappa shape index (κ2) is 11.6. The molecule has 1 amide bonds. The van der Waals surface area contributed by atoms with Crippen LogP contribution in [0.2, 0.25) is 0 Å². The number of pyridine rings is 1. The summed E-state index contributed by atoms with van der Waals surface area (Å²) in [7, 11) is -2.73. The van der Waals surface area contributed by atoms with Crippen LogP contribution in [0.25, 0.3) is 5.76 Å². The Morgan fingerprint density at radius 3 is 2.50 bits per heavy atom. The van der Waals surface area contributed by atoms with E-state index in [1.165, 1.54) is 19.3 Å². The van der Waals surface area contributed by atoms with Gasteiger partial charge in [0.25, 0.3) is 15.9 Å². The van der Waals surface area contributed by atoms with Gasteiger partial charge < -0.3 is 14.8 Å². The lowest BCUT2D eigenvalue weighted by molar-refractivity contribution is -0.151. The topological polar surface area (TPSA) is 115 Å². The first-order chi connectivity index (χ1) is 16.4. The van der Waals surface area contributed by atoms with Crippen LogP contribution in [0.15, 0.2) is 59.3 Å². The van der Waals surface area contributed by atoms with Gasteiger partial charge in [-0.1, -0.05) is 50.8 Å². The summed E-state index contributed by atoms with van der Waals surface area (Å²) in [6.45, 7) is 1.67. The number of sulfonamides is 1. The molecular weight excluding hydrogens is 458 g/mol. The van der Waals surface area contributed by atoms with E-state index in [9.17, 15) is 18.0 Å². The number of rotatable bonds is 11. The number of nitrogens with zero attached hydrogens (tertiary/aromatic N) is 2. The normalized spacial score (nSPS) is 14.4. The average Bonchev–Trinajstić information content (AvgIpc) is 2.83. The van der Waals surface area contributed by atoms with Crippen molar-refractivity contribution in [3.8, 4) is 0 Å². The van der Waals surface area contributed by atoms with Crippen molar-refractivity contribution in [1.29, 1.82) is 0 Å². The predicted octanol–water partition coefficient (Wildman–Crippen LogP) is 3.90. The molecule has 1 aliphatic heterocycles. The van der Waals surface area contributed by atoms with Gasteiger partial charge in [0.2, 0.25) is 6.79 Å². The Bertz CT molecular complexity index is 1150. The third-order valence-electron chi connectivity index (χ3n) is 5.33. The van der Waals surface area contributed by atoms with Gasteiger partial charge in [0.15, 0.2) is 11.5 Å². The Labute approximate surface area is 199 Å². The second-order valence-electron chi connectivity index (χ2n) is 7.76. The molecule has 10 heteroatoms. The van der Waals surface area contributed by atoms with Crippen molar-refractivity contribution < 1.29 is 27.5 Å². The Balaban J connectivity index is 1.81. The summed E-state index contributed by atoms with van der Waals surface area (Å²) in [6.07, 6.45) is 6.76. The standard InChI is InChI=1S/C24H29N3O6S/c1-3-4-5-6-7-15-21(28)32-17-33-23-18-12-8-9-13-19(18)34(30,31)27(2)22(23)24(29)26-20-14-10-11-16-25-20/h8-14,16H,3-7,15,17H2,1-2H3,(H,25,26,29). The number of carbonyl (C=O) groups is 2. The minimum Gasteiger partial charge on any atom is -0.454 e. The summed E-state index contributed by atoms with van der Waals surface area (Å²) >= 11 is 0. The van der Waals surface area contributed by atoms with Gasteiger partial charge in [-0.2, -0.15) is 0 Å². The van der Waals surface area contributed by atoms with Gasteiger partial charge in [-0.15, -0.1) is 0 Å². The molecule has 0 bridgehead atoms. The highest BCUT2D eigenvalue weighted by molar-refractivity contribution is 7.89. The maximum absolute atomic E-state index is 13.1. The van der Waals surface area contributed by atoms with Crippen molar-refractivity contribution in [2.24, 2.45) is 0 Å². The van der Waals surface area contributed by atoms with Gasteiger partial charge in [-0.05, 0) is 30.7 Å². The average molecular weight is 488 g/mol. The zero-order valence-corrected chi connectivity index (χ0v) is 20.1. The van der Waals surface area contributed by atoms with Crippen molar-refractivity contribution in [2.75, 3.05) is 19.2 Å². The monoisotopic (exact) mass is 487 g/mol. The van der Waals surface area contributed by atoms with Crippen LogP contribution < -0.4 is 5.32 Å². The van der Waals surface area contributed by atoms with E-state index < -0.39 is 28.7 Å². The number of unbranched alkanes of at least 4 members (excludes halogenated alkanes) is 4. The molecule has 9 nitrogen and oxygen atoms in total. The summed E-state index contributed by atoms with van der Waals surface area (Å²) in [6, 6.07) is 11.1. The van der Waals surface area contributed by atoms with Crippen molar-refractivity contribution in [1.82, 2.24) is 9.29 Å². The van der Waals surface area contributed by atoms with E-state index in [2.05, 4.69) is 17.2 Å². The number of benzene rings is 1. The highest BCUT2D eigenvalue weighted by Gasteiger charge is 2.39. The minimum atomic E-state index is -3.99. The van der Waals surface area contributed by atoms with Gasteiger partial charge in [0.05, 0.1) is 4.90 Å². The molecule has 1 N–H and O–H groups in total. The Morgan fingerprint density at radius 2 is 1.76 bits per heavy atom. The highest BCUT2D eigenvalue weighted by Crippen LogP contribution is 2.36. The predicted molar refractivity (Wildman–Crippen MR) is 127 cm³/mol. The molecule has 0 saturated heterocycles. The van der Waals surface area contributed by atoms with E-state index in [0.717, 1.165) is 36.4 Å². The number of nitrogens with one attached hydrogen (secondary N) is 1. The molecule has 0 radical (unpaired) electrons. The number of hydrogen-bond acceptors (Lipinski definition) is 7.